The third-order valence-corrected chi connectivity index (χ3v) is 3.42. The van der Waals surface area contributed by atoms with E-state index in [2.05, 4.69) is 5.32 Å². The summed E-state index contributed by atoms with van der Waals surface area (Å²) in [4.78, 5) is 25.8. The summed E-state index contributed by atoms with van der Waals surface area (Å²) in [6, 6.07) is 7.19. The van der Waals surface area contributed by atoms with Gasteiger partial charge < -0.3 is 15.0 Å². The SMILES string of the molecule is CN(CC(C)(C)NC(=O)OC(C)(C)C)C(=O)Cc1ccc(Cl)cc1. The number of nitrogens with one attached hydrogen (secondary N) is 1. The number of amides is 2. The van der Waals surface area contributed by atoms with E-state index in [4.69, 9.17) is 16.3 Å². The van der Waals surface area contributed by atoms with Crippen LogP contribution in [0.25, 0.3) is 0 Å². The van der Waals surface area contributed by atoms with Gasteiger partial charge in [-0.2, -0.15) is 0 Å². The third-order valence-electron chi connectivity index (χ3n) is 3.17. The van der Waals surface area contributed by atoms with Crippen molar-refractivity contribution >= 4 is 23.6 Å². The van der Waals surface area contributed by atoms with Crippen LogP contribution in [0.5, 0.6) is 0 Å². The highest BCUT2D eigenvalue weighted by Crippen LogP contribution is 2.13. The molecule has 0 bridgehead atoms. The molecule has 0 fully saturated rings. The molecule has 0 aliphatic rings. The summed E-state index contributed by atoms with van der Waals surface area (Å²) in [5.74, 6) is -0.0311. The van der Waals surface area contributed by atoms with Crippen LogP contribution in [0.15, 0.2) is 24.3 Å². The first-order valence-corrected chi connectivity index (χ1v) is 8.25. The molecular formula is C18H27ClN2O3. The van der Waals surface area contributed by atoms with Crippen molar-refractivity contribution in [3.63, 3.8) is 0 Å². The Morgan fingerprint density at radius 1 is 1.12 bits per heavy atom. The molecule has 0 saturated carbocycles. The van der Waals surface area contributed by atoms with Gasteiger partial charge in [0, 0.05) is 18.6 Å². The van der Waals surface area contributed by atoms with Gasteiger partial charge in [-0.25, -0.2) is 4.79 Å². The van der Waals surface area contributed by atoms with Crippen molar-refractivity contribution in [2.24, 2.45) is 0 Å². The number of benzene rings is 1. The Hall–Kier alpha value is -1.75. The first-order valence-electron chi connectivity index (χ1n) is 7.87. The lowest BCUT2D eigenvalue weighted by Gasteiger charge is -2.32. The summed E-state index contributed by atoms with van der Waals surface area (Å²) < 4.78 is 5.26. The number of nitrogens with zero attached hydrogens (tertiary/aromatic N) is 1. The molecule has 0 aliphatic heterocycles. The fourth-order valence-corrected chi connectivity index (χ4v) is 2.34. The minimum absolute atomic E-state index is 0.0311. The maximum Gasteiger partial charge on any atom is 0.408 e. The van der Waals surface area contributed by atoms with Crippen LogP contribution < -0.4 is 5.32 Å². The quantitative estimate of drug-likeness (QED) is 0.878. The Bertz CT molecular complexity index is 577. The molecule has 0 atom stereocenters. The van der Waals surface area contributed by atoms with E-state index in [-0.39, 0.29) is 12.3 Å². The van der Waals surface area contributed by atoms with Crippen molar-refractivity contribution < 1.29 is 14.3 Å². The van der Waals surface area contributed by atoms with Crippen molar-refractivity contribution in [1.29, 1.82) is 0 Å². The van der Waals surface area contributed by atoms with Crippen LogP contribution in [0.3, 0.4) is 0 Å². The van der Waals surface area contributed by atoms with Gasteiger partial charge in [-0.1, -0.05) is 23.7 Å². The monoisotopic (exact) mass is 354 g/mol. The van der Waals surface area contributed by atoms with E-state index in [9.17, 15) is 9.59 Å². The van der Waals surface area contributed by atoms with Crippen molar-refractivity contribution in [3.8, 4) is 0 Å². The molecule has 1 N–H and O–H groups in total. The molecule has 1 aromatic rings. The number of likely N-dealkylation sites (N-methyl/N-ethyl adjacent to an activating group) is 1. The van der Waals surface area contributed by atoms with E-state index in [1.54, 1.807) is 44.9 Å². The molecule has 1 rings (SSSR count). The molecule has 6 heteroatoms. The number of carbonyl (C=O) groups is 2. The molecule has 0 radical (unpaired) electrons. The number of rotatable bonds is 5. The number of hydrogen-bond donors (Lipinski definition) is 1. The molecule has 1 aromatic carbocycles. The number of ether oxygens (including phenoxy) is 1. The molecule has 0 unspecified atom stereocenters. The van der Waals surface area contributed by atoms with E-state index in [0.717, 1.165) is 5.56 Å². The van der Waals surface area contributed by atoms with Gasteiger partial charge in [0.25, 0.3) is 0 Å². The molecule has 5 nitrogen and oxygen atoms in total. The lowest BCUT2D eigenvalue weighted by Crippen LogP contribution is -2.53. The van der Waals surface area contributed by atoms with Crippen molar-refractivity contribution in [3.05, 3.63) is 34.9 Å². The second-order valence-corrected chi connectivity index (χ2v) is 8.00. The van der Waals surface area contributed by atoms with Gasteiger partial charge in [-0.3, -0.25) is 4.79 Å². The molecule has 0 aromatic heterocycles. The van der Waals surface area contributed by atoms with Gasteiger partial charge in [0.05, 0.1) is 12.0 Å². The summed E-state index contributed by atoms with van der Waals surface area (Å²) >= 11 is 5.84. The number of hydrogen-bond acceptors (Lipinski definition) is 3. The van der Waals surface area contributed by atoms with Gasteiger partial charge >= 0.3 is 6.09 Å². The number of carbonyl (C=O) groups excluding carboxylic acids is 2. The van der Waals surface area contributed by atoms with Gasteiger partial charge in [0.15, 0.2) is 0 Å². The summed E-state index contributed by atoms with van der Waals surface area (Å²) in [7, 11) is 1.72. The van der Waals surface area contributed by atoms with Crippen LogP contribution in [0.4, 0.5) is 4.79 Å². The Balaban J connectivity index is 2.57. The van der Waals surface area contributed by atoms with Crippen molar-refractivity contribution in [2.45, 2.75) is 52.2 Å². The normalized spacial score (nSPS) is 11.8. The van der Waals surface area contributed by atoms with Crippen molar-refractivity contribution in [1.82, 2.24) is 10.2 Å². The van der Waals surface area contributed by atoms with Crippen LogP contribution in [0, 0.1) is 0 Å². The first-order chi connectivity index (χ1) is 10.9. The van der Waals surface area contributed by atoms with Gasteiger partial charge in [-0.15, -0.1) is 0 Å². The fourth-order valence-electron chi connectivity index (χ4n) is 2.21. The lowest BCUT2D eigenvalue weighted by molar-refractivity contribution is -0.130. The number of halogens is 1. The Morgan fingerprint density at radius 3 is 2.17 bits per heavy atom. The zero-order valence-corrected chi connectivity index (χ0v) is 16.0. The Kier molecular flexibility index (Phi) is 6.67. The highest BCUT2D eigenvalue weighted by molar-refractivity contribution is 6.30. The fraction of sp³-hybridized carbons (Fsp3) is 0.556. The highest BCUT2D eigenvalue weighted by Gasteiger charge is 2.27. The molecule has 0 spiro atoms. The second kappa shape index (κ2) is 7.88. The minimum Gasteiger partial charge on any atom is -0.444 e. The molecule has 0 aliphatic carbocycles. The van der Waals surface area contributed by atoms with Crippen LogP contribution in [0.1, 0.15) is 40.2 Å². The van der Waals surface area contributed by atoms with Gasteiger partial charge in [-0.05, 0) is 52.3 Å². The van der Waals surface area contributed by atoms with Crippen LogP contribution in [-0.4, -0.2) is 41.6 Å². The highest BCUT2D eigenvalue weighted by atomic mass is 35.5. The van der Waals surface area contributed by atoms with E-state index in [1.165, 1.54) is 0 Å². The molecule has 2 amide bonds. The topological polar surface area (TPSA) is 58.6 Å². The molecule has 0 saturated heterocycles. The number of alkyl carbamates (subject to hydrolysis) is 1. The molecule has 0 heterocycles. The third kappa shape index (κ3) is 7.68. The predicted molar refractivity (Wildman–Crippen MR) is 96.2 cm³/mol. The summed E-state index contributed by atoms with van der Waals surface area (Å²) in [5, 5.41) is 3.44. The maximum absolute atomic E-state index is 12.3. The van der Waals surface area contributed by atoms with Crippen molar-refractivity contribution in [2.75, 3.05) is 13.6 Å². The largest absolute Gasteiger partial charge is 0.444 e. The van der Waals surface area contributed by atoms with E-state index >= 15 is 0 Å². The Labute approximate surface area is 149 Å². The molecule has 24 heavy (non-hydrogen) atoms. The standard InChI is InChI=1S/C18H27ClN2O3/c1-17(2,3)24-16(23)20-18(4,5)12-21(6)15(22)11-13-7-9-14(19)10-8-13/h7-10H,11-12H2,1-6H3,(H,20,23). The Morgan fingerprint density at radius 2 is 1.67 bits per heavy atom. The van der Waals surface area contributed by atoms with Gasteiger partial charge in [0.1, 0.15) is 5.60 Å². The summed E-state index contributed by atoms with van der Waals surface area (Å²) in [5.41, 5.74) is -0.266. The summed E-state index contributed by atoms with van der Waals surface area (Å²) in [6.07, 6.45) is -0.207. The average molecular weight is 355 g/mol. The summed E-state index contributed by atoms with van der Waals surface area (Å²) in [6.45, 7) is 9.49. The van der Waals surface area contributed by atoms with E-state index in [0.29, 0.717) is 11.6 Å². The molecule has 134 valence electrons. The van der Waals surface area contributed by atoms with E-state index in [1.807, 2.05) is 26.0 Å². The average Bonchev–Trinajstić information content (AvgIpc) is 2.37. The maximum atomic E-state index is 12.3. The smallest absolute Gasteiger partial charge is 0.408 e. The van der Waals surface area contributed by atoms with Gasteiger partial charge in [0.2, 0.25) is 5.91 Å². The lowest BCUT2D eigenvalue weighted by atomic mass is 10.0. The zero-order chi connectivity index (χ0) is 18.5. The van der Waals surface area contributed by atoms with Crippen LogP contribution >= 0.6 is 11.6 Å². The zero-order valence-electron chi connectivity index (χ0n) is 15.3. The molecular weight excluding hydrogens is 328 g/mol. The predicted octanol–water partition coefficient (Wildman–Crippen LogP) is 3.64. The minimum atomic E-state index is -0.604. The van der Waals surface area contributed by atoms with Crippen LogP contribution in [0.2, 0.25) is 5.02 Å². The second-order valence-electron chi connectivity index (χ2n) is 7.56. The first kappa shape index (κ1) is 20.3. The van der Waals surface area contributed by atoms with Crippen LogP contribution in [-0.2, 0) is 16.0 Å². The van der Waals surface area contributed by atoms with E-state index < -0.39 is 17.2 Å².